The van der Waals surface area contributed by atoms with Crippen LogP contribution < -0.4 is 9.62 Å². The minimum absolute atomic E-state index is 0.318. The van der Waals surface area contributed by atoms with Crippen molar-refractivity contribution in [2.75, 3.05) is 38.8 Å². The highest BCUT2D eigenvalue weighted by Gasteiger charge is 2.17. The fraction of sp³-hybridized carbons (Fsp3) is 0.444. The molecule has 1 N–H and O–H groups in total. The summed E-state index contributed by atoms with van der Waals surface area (Å²) < 4.78 is 33.3. The summed E-state index contributed by atoms with van der Waals surface area (Å²) in [6.45, 7) is 3.70. The lowest BCUT2D eigenvalue weighted by atomic mass is 10.1. The van der Waals surface area contributed by atoms with Crippen LogP contribution in [0.15, 0.2) is 41.3 Å². The molecule has 132 valence electrons. The lowest BCUT2D eigenvalue weighted by Crippen LogP contribution is -2.26. The summed E-state index contributed by atoms with van der Waals surface area (Å²) in [5, 5.41) is 1.66. The number of sulfonamides is 1. The van der Waals surface area contributed by atoms with Gasteiger partial charge in [-0.05, 0) is 25.0 Å². The van der Waals surface area contributed by atoms with Gasteiger partial charge in [-0.25, -0.2) is 13.1 Å². The highest BCUT2D eigenvalue weighted by molar-refractivity contribution is 7.89. The molecule has 5 nitrogen and oxygen atoms in total. The molecule has 0 radical (unpaired) electrons. The molecule has 0 fully saturated rings. The first kappa shape index (κ1) is 18.7. The zero-order valence-electron chi connectivity index (χ0n) is 14.6. The molecule has 2 rings (SSSR count). The maximum absolute atomic E-state index is 12.7. The molecule has 0 bridgehead atoms. The lowest BCUT2D eigenvalue weighted by Gasteiger charge is -2.17. The number of fused-ring (bicyclic) bond motifs is 1. The molecule has 0 heterocycles. The van der Waals surface area contributed by atoms with Gasteiger partial charge in [-0.15, -0.1) is 0 Å². The molecular weight excluding hydrogens is 324 g/mol. The molecule has 24 heavy (non-hydrogen) atoms. The summed E-state index contributed by atoms with van der Waals surface area (Å²) in [5.41, 5.74) is 0.998. The van der Waals surface area contributed by atoms with E-state index in [1.807, 2.05) is 50.2 Å². The number of benzene rings is 2. The third-order valence-electron chi connectivity index (χ3n) is 3.74. The maximum Gasteiger partial charge on any atom is 0.241 e. The van der Waals surface area contributed by atoms with Gasteiger partial charge < -0.3 is 9.64 Å². The Bertz CT molecular complexity index is 773. The van der Waals surface area contributed by atoms with Gasteiger partial charge in [0, 0.05) is 50.3 Å². The number of hydrogen-bond acceptors (Lipinski definition) is 4. The predicted molar refractivity (Wildman–Crippen MR) is 99.2 cm³/mol. The number of ether oxygens (including phenoxy) is 1. The Morgan fingerprint density at radius 3 is 2.46 bits per heavy atom. The summed E-state index contributed by atoms with van der Waals surface area (Å²) >= 11 is 0. The second-order valence-electron chi connectivity index (χ2n) is 5.89. The van der Waals surface area contributed by atoms with Crippen LogP contribution in [-0.4, -0.2) is 42.3 Å². The number of nitrogens with one attached hydrogen (secondary N) is 1. The lowest BCUT2D eigenvalue weighted by molar-refractivity contribution is 0.133. The first-order valence-electron chi connectivity index (χ1n) is 8.24. The minimum atomic E-state index is -3.55. The first-order chi connectivity index (χ1) is 11.5. The number of rotatable bonds is 9. The van der Waals surface area contributed by atoms with E-state index in [0.717, 1.165) is 22.9 Å². The predicted octanol–water partition coefficient (Wildman–Crippen LogP) is 3.00. The molecule has 0 aliphatic carbocycles. The molecule has 0 aromatic heterocycles. The highest BCUT2D eigenvalue weighted by Crippen LogP contribution is 2.29. The van der Waals surface area contributed by atoms with E-state index in [9.17, 15) is 8.42 Å². The zero-order valence-corrected chi connectivity index (χ0v) is 15.4. The van der Waals surface area contributed by atoms with Crippen LogP contribution in [0.1, 0.15) is 19.8 Å². The van der Waals surface area contributed by atoms with Crippen LogP contribution in [0, 0.1) is 0 Å². The smallest absolute Gasteiger partial charge is 0.241 e. The average molecular weight is 350 g/mol. The number of hydrogen-bond donors (Lipinski definition) is 1. The third-order valence-corrected chi connectivity index (χ3v) is 5.26. The van der Waals surface area contributed by atoms with Gasteiger partial charge in [-0.3, -0.25) is 0 Å². The minimum Gasteiger partial charge on any atom is -0.381 e. The molecule has 0 spiro atoms. The largest absolute Gasteiger partial charge is 0.381 e. The maximum atomic E-state index is 12.7. The summed E-state index contributed by atoms with van der Waals surface area (Å²) in [4.78, 5) is 2.30. The van der Waals surface area contributed by atoms with Gasteiger partial charge >= 0.3 is 0 Å². The van der Waals surface area contributed by atoms with Crippen LogP contribution in [-0.2, 0) is 14.8 Å². The van der Waals surface area contributed by atoms with Crippen molar-refractivity contribution in [3.63, 3.8) is 0 Å². The van der Waals surface area contributed by atoms with E-state index in [4.69, 9.17) is 4.74 Å². The quantitative estimate of drug-likeness (QED) is 0.706. The van der Waals surface area contributed by atoms with Gasteiger partial charge in [0.2, 0.25) is 10.0 Å². The van der Waals surface area contributed by atoms with Gasteiger partial charge in [0.15, 0.2) is 0 Å². The van der Waals surface area contributed by atoms with E-state index in [1.165, 1.54) is 0 Å². The second-order valence-corrected chi connectivity index (χ2v) is 7.62. The summed E-state index contributed by atoms with van der Waals surface area (Å²) in [6.07, 6.45) is 1.63. The Morgan fingerprint density at radius 2 is 1.75 bits per heavy atom. The third kappa shape index (κ3) is 4.47. The molecule has 2 aromatic rings. The van der Waals surface area contributed by atoms with E-state index < -0.39 is 10.0 Å². The van der Waals surface area contributed by atoms with Gasteiger partial charge in [0.1, 0.15) is 0 Å². The molecular formula is C18H26N2O3S. The second kappa shape index (κ2) is 8.46. The molecule has 0 saturated heterocycles. The van der Waals surface area contributed by atoms with Gasteiger partial charge in [0.05, 0.1) is 4.90 Å². The van der Waals surface area contributed by atoms with Crippen LogP contribution in [0.2, 0.25) is 0 Å². The average Bonchev–Trinajstić information content (AvgIpc) is 2.56. The van der Waals surface area contributed by atoms with Crippen LogP contribution in [0.5, 0.6) is 0 Å². The zero-order chi connectivity index (χ0) is 17.6. The fourth-order valence-corrected chi connectivity index (χ4v) is 3.89. The summed E-state index contributed by atoms with van der Waals surface area (Å²) in [7, 11) is 0.352. The van der Waals surface area contributed by atoms with E-state index >= 15 is 0 Å². The molecule has 0 unspecified atom stereocenters. The monoisotopic (exact) mass is 350 g/mol. The van der Waals surface area contributed by atoms with Crippen molar-refractivity contribution in [1.29, 1.82) is 0 Å². The Hall–Kier alpha value is -1.63. The molecule has 2 aromatic carbocycles. The van der Waals surface area contributed by atoms with Crippen molar-refractivity contribution in [2.24, 2.45) is 0 Å². The summed E-state index contributed by atoms with van der Waals surface area (Å²) in [5.74, 6) is 0. The molecule has 0 saturated carbocycles. The van der Waals surface area contributed by atoms with Crippen molar-refractivity contribution in [1.82, 2.24) is 4.72 Å². The fourth-order valence-electron chi connectivity index (χ4n) is 2.59. The van der Waals surface area contributed by atoms with Crippen molar-refractivity contribution in [2.45, 2.75) is 24.7 Å². The van der Waals surface area contributed by atoms with Crippen molar-refractivity contribution in [3.8, 4) is 0 Å². The summed E-state index contributed by atoms with van der Waals surface area (Å²) in [6, 6.07) is 11.1. The molecule has 0 aliphatic rings. The Kier molecular flexibility index (Phi) is 6.60. The van der Waals surface area contributed by atoms with Gasteiger partial charge in [-0.2, -0.15) is 0 Å². The topological polar surface area (TPSA) is 58.6 Å². The number of anilines is 1. The standard InChI is InChI=1S/C18H26N2O3S/c1-4-13-23-14-7-12-19-24(21,22)18-11-6-8-15-16(18)9-5-10-17(15)20(2)3/h5-6,8-11,19H,4,7,12-14H2,1-3H3. The van der Waals surface area contributed by atoms with Crippen molar-refractivity contribution in [3.05, 3.63) is 36.4 Å². The molecule has 0 amide bonds. The SMILES string of the molecule is CCCOCCCNS(=O)(=O)c1cccc2c(N(C)C)cccc12. The molecule has 6 heteroatoms. The van der Waals surface area contributed by atoms with E-state index in [0.29, 0.717) is 31.1 Å². The van der Waals surface area contributed by atoms with E-state index in [-0.39, 0.29) is 0 Å². The van der Waals surface area contributed by atoms with Gasteiger partial charge in [0.25, 0.3) is 0 Å². The van der Waals surface area contributed by atoms with Crippen molar-refractivity contribution < 1.29 is 13.2 Å². The Balaban J connectivity index is 2.20. The van der Waals surface area contributed by atoms with Gasteiger partial charge in [-0.1, -0.05) is 31.2 Å². The van der Waals surface area contributed by atoms with E-state index in [2.05, 4.69) is 4.72 Å². The van der Waals surface area contributed by atoms with Crippen molar-refractivity contribution >= 4 is 26.5 Å². The number of nitrogens with zero attached hydrogens (tertiary/aromatic N) is 1. The van der Waals surface area contributed by atoms with E-state index in [1.54, 1.807) is 12.1 Å². The molecule has 0 atom stereocenters. The van der Waals surface area contributed by atoms with Crippen LogP contribution in [0.4, 0.5) is 5.69 Å². The normalized spacial score (nSPS) is 11.8. The van der Waals surface area contributed by atoms with Crippen LogP contribution in [0.3, 0.4) is 0 Å². The van der Waals surface area contributed by atoms with Crippen LogP contribution >= 0.6 is 0 Å². The first-order valence-corrected chi connectivity index (χ1v) is 9.72. The Morgan fingerprint density at radius 1 is 1.04 bits per heavy atom. The van der Waals surface area contributed by atoms with Crippen LogP contribution in [0.25, 0.3) is 10.8 Å². The Labute approximate surface area is 144 Å². The molecule has 0 aliphatic heterocycles. The highest BCUT2D eigenvalue weighted by atomic mass is 32.2.